The van der Waals surface area contributed by atoms with Gasteiger partial charge in [-0.15, -0.1) is 12.4 Å². The Morgan fingerprint density at radius 3 is 2.60 bits per heavy atom. The van der Waals surface area contributed by atoms with Crippen molar-refractivity contribution in [2.75, 3.05) is 19.5 Å². The van der Waals surface area contributed by atoms with Crippen LogP contribution in [0.15, 0.2) is 41.1 Å². The number of ether oxygens (including phenoxy) is 2. The van der Waals surface area contributed by atoms with E-state index in [9.17, 15) is 0 Å². The maximum Gasteiger partial charge on any atom is 0.261 e. The van der Waals surface area contributed by atoms with Gasteiger partial charge in [-0.3, -0.25) is 0 Å². The van der Waals surface area contributed by atoms with Crippen LogP contribution in [0.1, 0.15) is 18.4 Å². The number of anilines is 2. The molecule has 1 aromatic carbocycles. The number of rotatable bonds is 6. The Balaban J connectivity index is 0.00000256. The van der Waals surface area contributed by atoms with Crippen LogP contribution in [-0.2, 0) is 6.42 Å². The minimum atomic E-state index is 0. The molecule has 0 bridgehead atoms. The van der Waals surface area contributed by atoms with Crippen molar-refractivity contribution in [2.45, 2.75) is 20.3 Å². The topological polar surface area (TPSA) is 95.2 Å². The van der Waals surface area contributed by atoms with Crippen LogP contribution in [0.3, 0.4) is 0 Å². The molecule has 30 heavy (non-hydrogen) atoms. The fourth-order valence-corrected chi connectivity index (χ4v) is 3.01. The molecule has 0 spiro atoms. The van der Waals surface area contributed by atoms with Crippen LogP contribution in [-0.4, -0.2) is 34.3 Å². The third-order valence-electron chi connectivity index (χ3n) is 4.55. The van der Waals surface area contributed by atoms with Gasteiger partial charge in [0.25, 0.3) is 5.89 Å². The Hall–Kier alpha value is -3.39. The van der Waals surface area contributed by atoms with Gasteiger partial charge in [-0.1, -0.05) is 12.1 Å². The summed E-state index contributed by atoms with van der Waals surface area (Å²) in [6.45, 7) is 3.90. The molecule has 0 saturated carbocycles. The Morgan fingerprint density at radius 1 is 1.07 bits per heavy atom. The second-order valence-electron chi connectivity index (χ2n) is 6.43. The summed E-state index contributed by atoms with van der Waals surface area (Å²) in [5, 5.41) is 8.29. The molecule has 0 aliphatic rings. The smallest absolute Gasteiger partial charge is 0.261 e. The first kappa shape index (κ1) is 21.3. The summed E-state index contributed by atoms with van der Waals surface area (Å²) in [5.74, 6) is 2.37. The summed E-state index contributed by atoms with van der Waals surface area (Å²) in [6, 6.07) is 9.48. The van der Waals surface area contributed by atoms with Crippen LogP contribution in [0.2, 0.25) is 0 Å². The Kier molecular flexibility index (Phi) is 6.37. The van der Waals surface area contributed by atoms with Crippen LogP contribution in [0.25, 0.3) is 22.5 Å². The number of aromatic nitrogens is 4. The van der Waals surface area contributed by atoms with Gasteiger partial charge in [-0.05, 0) is 31.2 Å². The quantitative estimate of drug-likeness (QED) is 0.471. The van der Waals surface area contributed by atoms with Crippen molar-refractivity contribution in [1.29, 1.82) is 0 Å². The van der Waals surface area contributed by atoms with E-state index in [4.69, 9.17) is 14.0 Å². The Morgan fingerprint density at radius 2 is 1.90 bits per heavy atom. The van der Waals surface area contributed by atoms with E-state index in [0.717, 1.165) is 22.5 Å². The zero-order valence-corrected chi connectivity index (χ0v) is 17.9. The molecule has 9 heteroatoms. The van der Waals surface area contributed by atoms with E-state index in [1.807, 2.05) is 44.2 Å². The van der Waals surface area contributed by atoms with Crippen molar-refractivity contribution in [3.63, 3.8) is 0 Å². The molecule has 0 saturated heterocycles. The maximum atomic E-state index is 5.53. The van der Waals surface area contributed by atoms with E-state index < -0.39 is 0 Å². The largest absolute Gasteiger partial charge is 0.497 e. The first-order valence-electron chi connectivity index (χ1n) is 9.21. The number of methoxy groups -OCH3 is 2. The minimum Gasteiger partial charge on any atom is -0.497 e. The molecule has 0 aliphatic carbocycles. The van der Waals surface area contributed by atoms with Gasteiger partial charge in [0.1, 0.15) is 11.5 Å². The highest BCUT2D eigenvalue weighted by Crippen LogP contribution is 2.38. The molecule has 0 radical (unpaired) electrons. The summed E-state index contributed by atoms with van der Waals surface area (Å²) >= 11 is 0. The molecular formula is C21H22ClN5O3. The van der Waals surface area contributed by atoms with Gasteiger partial charge in [-0.2, -0.15) is 4.98 Å². The molecule has 0 amide bonds. The lowest BCUT2D eigenvalue weighted by atomic mass is 10.1. The van der Waals surface area contributed by atoms with Crippen LogP contribution in [0, 0.1) is 6.92 Å². The lowest BCUT2D eigenvalue weighted by Gasteiger charge is -2.16. The average Bonchev–Trinajstić information content (AvgIpc) is 3.23. The first-order chi connectivity index (χ1) is 14.1. The molecule has 4 aromatic rings. The van der Waals surface area contributed by atoms with Crippen LogP contribution >= 0.6 is 12.4 Å². The van der Waals surface area contributed by atoms with E-state index >= 15 is 0 Å². The molecule has 3 heterocycles. The summed E-state index contributed by atoms with van der Waals surface area (Å²) in [5.41, 5.74) is 3.72. The number of fused-ring (bicyclic) bond motifs is 1. The van der Waals surface area contributed by atoms with Crippen molar-refractivity contribution in [1.82, 2.24) is 20.1 Å². The van der Waals surface area contributed by atoms with Gasteiger partial charge < -0.3 is 19.3 Å². The minimum absolute atomic E-state index is 0. The lowest BCUT2D eigenvalue weighted by molar-refractivity contribution is 0.395. The number of hydrogen-bond acceptors (Lipinski definition) is 8. The third kappa shape index (κ3) is 3.99. The highest BCUT2D eigenvalue weighted by molar-refractivity contribution is 5.98. The average molecular weight is 428 g/mol. The highest BCUT2D eigenvalue weighted by atomic mass is 35.5. The van der Waals surface area contributed by atoms with Crippen molar-refractivity contribution in [2.24, 2.45) is 0 Å². The normalized spacial score (nSPS) is 10.5. The maximum absolute atomic E-state index is 5.53. The Bertz CT molecular complexity index is 1180. The molecule has 8 nitrogen and oxygen atoms in total. The van der Waals surface area contributed by atoms with Crippen molar-refractivity contribution >= 4 is 34.8 Å². The van der Waals surface area contributed by atoms with Crippen LogP contribution < -0.4 is 14.8 Å². The van der Waals surface area contributed by atoms with Crippen LogP contribution in [0.5, 0.6) is 11.5 Å². The lowest BCUT2D eigenvalue weighted by Crippen LogP contribution is -2.00. The van der Waals surface area contributed by atoms with Crippen LogP contribution in [0.4, 0.5) is 11.4 Å². The predicted octanol–water partition coefficient (Wildman–Crippen LogP) is 4.73. The number of nitrogens with zero attached hydrogens (tertiary/aromatic N) is 4. The fourth-order valence-electron chi connectivity index (χ4n) is 3.01. The second-order valence-corrected chi connectivity index (χ2v) is 6.43. The third-order valence-corrected chi connectivity index (χ3v) is 4.55. The van der Waals surface area contributed by atoms with E-state index in [2.05, 4.69) is 25.4 Å². The summed E-state index contributed by atoms with van der Waals surface area (Å²) in [6.07, 6.45) is 2.38. The summed E-state index contributed by atoms with van der Waals surface area (Å²) in [7, 11) is 3.23. The van der Waals surface area contributed by atoms with Gasteiger partial charge >= 0.3 is 0 Å². The number of pyridine rings is 2. The van der Waals surface area contributed by atoms with E-state index in [-0.39, 0.29) is 12.4 Å². The zero-order valence-electron chi connectivity index (χ0n) is 17.1. The van der Waals surface area contributed by atoms with Gasteiger partial charge in [0, 0.05) is 29.8 Å². The number of aryl methyl sites for hydroxylation is 2. The molecule has 156 valence electrons. The van der Waals surface area contributed by atoms with Gasteiger partial charge in [-0.25, -0.2) is 9.97 Å². The molecule has 3 aromatic heterocycles. The second kappa shape index (κ2) is 8.96. The predicted molar refractivity (Wildman–Crippen MR) is 117 cm³/mol. The standard InChI is InChI=1S/C21H21N5O3.ClH/c1-5-18-25-21(29-26-18)15-11-22-20-14(8-6-12(2)23-20)19(15)24-16-9-7-13(27-3)10-17(16)28-4;/h6-11H,5H2,1-4H3,(H,22,23,24);1H. The monoisotopic (exact) mass is 427 g/mol. The molecule has 0 unspecified atom stereocenters. The molecule has 0 fully saturated rings. The Labute approximate surface area is 180 Å². The molecular weight excluding hydrogens is 406 g/mol. The van der Waals surface area contributed by atoms with E-state index in [1.54, 1.807) is 20.4 Å². The summed E-state index contributed by atoms with van der Waals surface area (Å²) < 4.78 is 16.3. The van der Waals surface area contributed by atoms with Gasteiger partial charge in [0.15, 0.2) is 11.5 Å². The van der Waals surface area contributed by atoms with Gasteiger partial charge in [0.05, 0.1) is 31.2 Å². The highest BCUT2D eigenvalue weighted by Gasteiger charge is 2.18. The molecule has 4 rings (SSSR count). The van der Waals surface area contributed by atoms with Crippen molar-refractivity contribution in [3.8, 4) is 23.0 Å². The first-order valence-corrected chi connectivity index (χ1v) is 9.21. The fraction of sp³-hybridized carbons (Fsp3) is 0.238. The number of halogens is 1. The zero-order chi connectivity index (χ0) is 20.4. The number of nitrogens with one attached hydrogen (secondary N) is 1. The number of hydrogen-bond donors (Lipinski definition) is 1. The SMILES string of the molecule is CCc1noc(-c2cnc3nc(C)ccc3c2Nc2ccc(OC)cc2OC)n1.Cl. The number of benzene rings is 1. The van der Waals surface area contributed by atoms with Crippen molar-refractivity contribution in [3.05, 3.63) is 48.0 Å². The van der Waals surface area contributed by atoms with E-state index in [0.29, 0.717) is 40.8 Å². The van der Waals surface area contributed by atoms with E-state index in [1.165, 1.54) is 0 Å². The summed E-state index contributed by atoms with van der Waals surface area (Å²) in [4.78, 5) is 13.5. The van der Waals surface area contributed by atoms with Gasteiger partial charge in [0.2, 0.25) is 0 Å². The molecule has 0 aliphatic heterocycles. The molecule has 0 atom stereocenters. The van der Waals surface area contributed by atoms with Crippen molar-refractivity contribution < 1.29 is 14.0 Å². The molecule has 1 N–H and O–H groups in total.